The Hall–Kier alpha value is -7.82. The third-order valence-electron chi connectivity index (χ3n) is 9.92. The van der Waals surface area contributed by atoms with Gasteiger partial charge in [-0.15, -0.1) is 0 Å². The molecule has 9 rings (SSSR count). The van der Waals surface area contributed by atoms with Crippen LogP contribution in [0.25, 0.3) is 72.4 Å². The first-order valence-electron chi connectivity index (χ1n) is 16.8. The van der Waals surface area contributed by atoms with Crippen LogP contribution in [0.3, 0.4) is 0 Å². The van der Waals surface area contributed by atoms with Crippen LogP contribution in [0.5, 0.6) is 0 Å². The summed E-state index contributed by atoms with van der Waals surface area (Å²) in [7, 11) is 0. The lowest BCUT2D eigenvalue weighted by Gasteiger charge is -2.20. The number of rotatable bonds is 4. The zero-order valence-electron chi connectivity index (χ0n) is 27.6. The molecule has 0 aliphatic heterocycles. The summed E-state index contributed by atoms with van der Waals surface area (Å²) in [5.41, 5.74) is 11.7. The van der Waals surface area contributed by atoms with Gasteiger partial charge in [-0.1, -0.05) is 48.6 Å². The molecule has 2 aromatic heterocycles. The number of allylic oxidation sites excluding steroid dienone is 1. The summed E-state index contributed by atoms with van der Waals surface area (Å²) in [5, 5.41) is 43.3. The highest BCUT2D eigenvalue weighted by Crippen LogP contribution is 2.41. The molecule has 0 fully saturated rings. The second-order valence-electron chi connectivity index (χ2n) is 12.8. The quantitative estimate of drug-likeness (QED) is 0.187. The summed E-state index contributed by atoms with van der Waals surface area (Å²) in [6.45, 7) is 0. The number of nitriles is 4. The van der Waals surface area contributed by atoms with Crippen molar-refractivity contribution in [1.82, 2.24) is 9.13 Å². The molecule has 2 heterocycles. The third kappa shape index (κ3) is 4.64. The smallest absolute Gasteiger partial charge is 0.0998 e. The molecule has 0 saturated heterocycles. The number of para-hydroxylation sites is 1. The van der Waals surface area contributed by atoms with Gasteiger partial charge < -0.3 is 9.13 Å². The van der Waals surface area contributed by atoms with E-state index in [1.807, 2.05) is 72.8 Å². The van der Waals surface area contributed by atoms with E-state index in [1.165, 1.54) is 11.3 Å². The molecule has 0 N–H and O–H groups in total. The normalized spacial score (nSPS) is 11.8. The van der Waals surface area contributed by atoms with Gasteiger partial charge in [-0.05, 0) is 103 Å². The fraction of sp³-hybridized carbons (Fsp3) is 0.0435. The molecule has 6 aromatic carbocycles. The molecule has 0 atom stereocenters. The lowest BCUT2D eigenvalue weighted by atomic mass is 9.92. The molecule has 52 heavy (non-hydrogen) atoms. The zero-order valence-corrected chi connectivity index (χ0v) is 27.6. The highest BCUT2D eigenvalue weighted by molar-refractivity contribution is 6.10. The molecule has 0 spiro atoms. The molecule has 1 aliphatic rings. The van der Waals surface area contributed by atoms with Gasteiger partial charge in [-0.3, -0.25) is 0 Å². The average molecular weight is 661 g/mol. The van der Waals surface area contributed by atoms with Crippen LogP contribution in [-0.2, 0) is 6.42 Å². The molecule has 0 amide bonds. The maximum Gasteiger partial charge on any atom is 0.0998 e. The first-order chi connectivity index (χ1) is 25.6. The van der Waals surface area contributed by atoms with Crippen LogP contribution in [0.2, 0.25) is 0 Å². The predicted molar refractivity (Wildman–Crippen MR) is 202 cm³/mol. The van der Waals surface area contributed by atoms with E-state index in [2.05, 4.69) is 82.0 Å². The number of nitrogens with zero attached hydrogens (tertiary/aromatic N) is 6. The highest BCUT2D eigenvalue weighted by Gasteiger charge is 2.23. The van der Waals surface area contributed by atoms with Gasteiger partial charge in [0.1, 0.15) is 0 Å². The van der Waals surface area contributed by atoms with Crippen LogP contribution in [0.15, 0.2) is 115 Å². The van der Waals surface area contributed by atoms with Gasteiger partial charge in [-0.2, -0.15) is 21.0 Å². The molecule has 238 valence electrons. The maximum atomic E-state index is 10.7. The van der Waals surface area contributed by atoms with Crippen molar-refractivity contribution in [2.24, 2.45) is 0 Å². The fourth-order valence-electron chi connectivity index (χ4n) is 7.68. The zero-order chi connectivity index (χ0) is 35.3. The van der Waals surface area contributed by atoms with Gasteiger partial charge in [0.15, 0.2) is 0 Å². The number of fused-ring (bicyclic) bond motifs is 6. The Morgan fingerprint density at radius 1 is 0.596 bits per heavy atom. The van der Waals surface area contributed by atoms with E-state index in [0.29, 0.717) is 33.4 Å². The summed E-state index contributed by atoms with van der Waals surface area (Å²) >= 11 is 0. The van der Waals surface area contributed by atoms with Crippen molar-refractivity contribution in [3.8, 4) is 57.9 Å². The number of benzene rings is 5. The Bertz CT molecular complexity index is 2930. The summed E-state index contributed by atoms with van der Waals surface area (Å²) in [4.78, 5) is 0. The largest absolute Gasteiger partial charge is 0.312 e. The van der Waals surface area contributed by atoms with Gasteiger partial charge in [0.05, 0.1) is 68.8 Å². The Labute approximate surface area is 299 Å². The molecule has 8 aromatic rings. The fourth-order valence-corrected chi connectivity index (χ4v) is 7.68. The SMILES string of the molecule is N#Cc1cc(-c2cc(-n3c4c(c5ccccc53)C=CCC4)c(-c3c#cccc3)cc2C#N)cc(-n2c3ccc(C#N)cc3c3cc(C#N)ccc32)c1. The molecule has 0 radical (unpaired) electrons. The lowest BCUT2D eigenvalue weighted by Crippen LogP contribution is -2.06. The van der Waals surface area contributed by atoms with E-state index in [1.54, 1.807) is 12.1 Å². The third-order valence-corrected chi connectivity index (χ3v) is 9.92. The molecule has 0 bridgehead atoms. The number of hydrogen-bond donors (Lipinski definition) is 0. The Morgan fingerprint density at radius 3 is 2.02 bits per heavy atom. The standard InChI is InChI=1S/C46H24N6/c47-25-29-14-16-44-40(20-29)41-21-30(26-48)15-17-45(41)51(44)35-19-31(27-49)18-33(22-35)38-24-46(39(23-34(38)28-50)32-8-2-1-3-9-32)52-42-12-6-4-10-36(42)37-11-5-7-13-43(37)52/h1-2,4-6,8,10-12,14-24H,7,13H2. The maximum absolute atomic E-state index is 10.7. The summed E-state index contributed by atoms with van der Waals surface area (Å²) < 4.78 is 4.37. The lowest BCUT2D eigenvalue weighted by molar-refractivity contribution is 0.889. The molecule has 0 saturated carbocycles. The number of aromatic nitrogens is 2. The van der Waals surface area contributed by atoms with E-state index in [9.17, 15) is 21.0 Å². The monoisotopic (exact) mass is 660 g/mol. The first kappa shape index (κ1) is 30.3. The minimum absolute atomic E-state index is 0.430. The van der Waals surface area contributed by atoms with Crippen LogP contribution in [0.1, 0.15) is 39.9 Å². The number of hydrogen-bond acceptors (Lipinski definition) is 4. The minimum Gasteiger partial charge on any atom is -0.312 e. The molecule has 6 nitrogen and oxygen atoms in total. The second kappa shape index (κ2) is 11.9. The molecular formula is C46H24N6. The van der Waals surface area contributed by atoms with Crippen molar-refractivity contribution < 1.29 is 0 Å². The van der Waals surface area contributed by atoms with E-state index in [-0.39, 0.29) is 0 Å². The highest BCUT2D eigenvalue weighted by atomic mass is 15.0. The van der Waals surface area contributed by atoms with Gasteiger partial charge in [0.2, 0.25) is 0 Å². The van der Waals surface area contributed by atoms with Crippen molar-refractivity contribution in [3.05, 3.63) is 161 Å². The van der Waals surface area contributed by atoms with E-state index in [4.69, 9.17) is 0 Å². The Morgan fingerprint density at radius 2 is 1.33 bits per heavy atom. The van der Waals surface area contributed by atoms with Crippen LogP contribution >= 0.6 is 0 Å². The summed E-state index contributed by atoms with van der Waals surface area (Å²) in [6, 6.07) is 50.4. The van der Waals surface area contributed by atoms with E-state index >= 15 is 0 Å². The topological polar surface area (TPSA) is 105 Å². The first-order valence-corrected chi connectivity index (χ1v) is 16.8. The van der Waals surface area contributed by atoms with Crippen molar-refractivity contribution in [2.75, 3.05) is 0 Å². The predicted octanol–water partition coefficient (Wildman–Crippen LogP) is 10.1. The van der Waals surface area contributed by atoms with Crippen molar-refractivity contribution in [2.45, 2.75) is 12.8 Å². The van der Waals surface area contributed by atoms with Crippen LogP contribution in [0.4, 0.5) is 0 Å². The molecule has 6 heteroatoms. The minimum atomic E-state index is 0.430. The summed E-state index contributed by atoms with van der Waals surface area (Å²) in [6.07, 6.45) is 6.21. The van der Waals surface area contributed by atoms with Gasteiger partial charge in [0, 0.05) is 49.8 Å². The van der Waals surface area contributed by atoms with Crippen molar-refractivity contribution in [3.63, 3.8) is 0 Å². The average Bonchev–Trinajstić information content (AvgIpc) is 3.72. The molecule has 1 aliphatic carbocycles. The van der Waals surface area contributed by atoms with E-state index < -0.39 is 0 Å². The molecule has 0 unspecified atom stereocenters. The van der Waals surface area contributed by atoms with Gasteiger partial charge in [0.25, 0.3) is 0 Å². The van der Waals surface area contributed by atoms with Crippen LogP contribution in [-0.4, -0.2) is 9.13 Å². The van der Waals surface area contributed by atoms with Gasteiger partial charge >= 0.3 is 0 Å². The molecular weight excluding hydrogens is 637 g/mol. The Balaban J connectivity index is 1.35. The van der Waals surface area contributed by atoms with Crippen molar-refractivity contribution >= 4 is 38.8 Å². The Kier molecular flexibility index (Phi) is 6.95. The summed E-state index contributed by atoms with van der Waals surface area (Å²) in [5.74, 6) is 0. The van der Waals surface area contributed by atoms with E-state index in [0.717, 1.165) is 68.1 Å². The van der Waals surface area contributed by atoms with Crippen LogP contribution < -0.4 is 0 Å². The van der Waals surface area contributed by atoms with Crippen molar-refractivity contribution in [1.29, 1.82) is 21.0 Å². The van der Waals surface area contributed by atoms with Crippen LogP contribution in [0, 0.1) is 57.5 Å². The second-order valence-corrected chi connectivity index (χ2v) is 12.8. The van der Waals surface area contributed by atoms with Gasteiger partial charge in [-0.25, -0.2) is 0 Å².